The molecule has 0 saturated carbocycles. The van der Waals surface area contributed by atoms with Crippen LogP contribution in [0.1, 0.15) is 18.0 Å². The van der Waals surface area contributed by atoms with Gasteiger partial charge in [-0.1, -0.05) is 6.07 Å². The zero-order valence-electron chi connectivity index (χ0n) is 6.98. The van der Waals surface area contributed by atoms with Crippen molar-refractivity contribution in [2.24, 2.45) is 0 Å². The highest BCUT2D eigenvalue weighted by atomic mass is 19.1. The van der Waals surface area contributed by atoms with Gasteiger partial charge in [-0.2, -0.15) is 0 Å². The van der Waals surface area contributed by atoms with E-state index >= 15 is 0 Å². The maximum Gasteiger partial charge on any atom is 0.130 e. The van der Waals surface area contributed by atoms with E-state index in [0.717, 1.165) is 6.54 Å². The fourth-order valence-electron chi connectivity index (χ4n) is 1.54. The first-order chi connectivity index (χ1) is 6.29. The number of rotatable bonds is 1. The predicted molar refractivity (Wildman–Crippen MR) is 44.9 cm³/mol. The molecule has 1 aliphatic rings. The molecule has 0 amide bonds. The molecule has 1 saturated heterocycles. The van der Waals surface area contributed by atoms with Gasteiger partial charge < -0.3 is 0 Å². The molecule has 1 aliphatic heterocycles. The molecule has 13 heavy (non-hydrogen) atoms. The monoisotopic (exact) mass is 184 g/mol. The topological polar surface area (TPSA) is 24.1 Å². The Kier molecular flexibility index (Phi) is 2.24. The van der Waals surface area contributed by atoms with Crippen molar-refractivity contribution in [3.05, 3.63) is 35.4 Å². The lowest BCUT2D eigenvalue weighted by Crippen LogP contribution is -2.25. The minimum absolute atomic E-state index is 0.132. The lowest BCUT2D eigenvalue weighted by molar-refractivity contribution is 0.491. The van der Waals surface area contributed by atoms with Crippen molar-refractivity contribution < 1.29 is 8.78 Å². The maximum atomic E-state index is 13.2. The second kappa shape index (κ2) is 3.40. The summed E-state index contributed by atoms with van der Waals surface area (Å²) in [4.78, 5) is 0. The lowest BCUT2D eigenvalue weighted by Gasteiger charge is -2.11. The molecule has 1 heterocycles. The van der Waals surface area contributed by atoms with Crippen molar-refractivity contribution in [2.45, 2.75) is 12.5 Å². The highest BCUT2D eigenvalue weighted by Gasteiger charge is 2.22. The van der Waals surface area contributed by atoms with Crippen LogP contribution in [0.25, 0.3) is 0 Å². The zero-order chi connectivity index (χ0) is 9.26. The molecule has 0 aromatic heterocycles. The average molecular weight is 184 g/mol. The summed E-state index contributed by atoms with van der Waals surface area (Å²) in [5.41, 5.74) is 5.80. The Morgan fingerprint density at radius 2 is 1.92 bits per heavy atom. The molecule has 2 nitrogen and oxygen atoms in total. The molecular formula is C9H10F2N2. The van der Waals surface area contributed by atoms with E-state index in [9.17, 15) is 8.78 Å². The number of benzene rings is 1. The number of hydrogen-bond acceptors (Lipinski definition) is 2. The van der Waals surface area contributed by atoms with Crippen molar-refractivity contribution in [3.63, 3.8) is 0 Å². The number of nitrogens with one attached hydrogen (secondary N) is 2. The largest absolute Gasteiger partial charge is 0.257 e. The van der Waals surface area contributed by atoms with Gasteiger partial charge in [0.2, 0.25) is 0 Å². The molecule has 70 valence electrons. The van der Waals surface area contributed by atoms with E-state index in [4.69, 9.17) is 0 Å². The van der Waals surface area contributed by atoms with E-state index in [2.05, 4.69) is 10.9 Å². The van der Waals surface area contributed by atoms with Crippen molar-refractivity contribution in [2.75, 3.05) is 6.54 Å². The van der Waals surface area contributed by atoms with Gasteiger partial charge in [0.1, 0.15) is 11.6 Å². The summed E-state index contributed by atoms with van der Waals surface area (Å²) in [5, 5.41) is 0. The number of hydrazine groups is 1. The third kappa shape index (κ3) is 1.55. The molecule has 2 rings (SSSR count). The molecule has 1 unspecified atom stereocenters. The van der Waals surface area contributed by atoms with Crippen LogP contribution in [0.15, 0.2) is 18.2 Å². The minimum Gasteiger partial charge on any atom is -0.257 e. The van der Waals surface area contributed by atoms with Crippen LogP contribution in [0.4, 0.5) is 8.78 Å². The van der Waals surface area contributed by atoms with Crippen LogP contribution in [0.5, 0.6) is 0 Å². The fraction of sp³-hybridized carbons (Fsp3) is 0.333. The first kappa shape index (κ1) is 8.59. The molecule has 1 aromatic carbocycles. The Labute approximate surface area is 74.9 Å². The first-order valence-corrected chi connectivity index (χ1v) is 4.21. The lowest BCUT2D eigenvalue weighted by atomic mass is 10.0. The van der Waals surface area contributed by atoms with Gasteiger partial charge in [0.15, 0.2) is 0 Å². The molecule has 0 bridgehead atoms. The Morgan fingerprint density at radius 1 is 1.23 bits per heavy atom. The number of hydrogen-bond donors (Lipinski definition) is 2. The van der Waals surface area contributed by atoms with Gasteiger partial charge in [0.05, 0.1) is 6.04 Å². The minimum atomic E-state index is -0.485. The Hall–Kier alpha value is -1.00. The van der Waals surface area contributed by atoms with Crippen molar-refractivity contribution in [1.82, 2.24) is 10.9 Å². The second-order valence-corrected chi connectivity index (χ2v) is 3.05. The van der Waals surface area contributed by atoms with E-state index in [-0.39, 0.29) is 11.6 Å². The van der Waals surface area contributed by atoms with Gasteiger partial charge >= 0.3 is 0 Å². The summed E-state index contributed by atoms with van der Waals surface area (Å²) in [6.07, 6.45) is 0.706. The maximum absolute atomic E-state index is 13.2. The van der Waals surface area contributed by atoms with Crippen LogP contribution in [0.2, 0.25) is 0 Å². The van der Waals surface area contributed by atoms with Crippen molar-refractivity contribution in [1.29, 1.82) is 0 Å². The van der Waals surface area contributed by atoms with E-state index in [1.165, 1.54) is 18.2 Å². The van der Waals surface area contributed by atoms with E-state index < -0.39 is 11.6 Å². The zero-order valence-corrected chi connectivity index (χ0v) is 6.98. The van der Waals surface area contributed by atoms with E-state index in [1.54, 1.807) is 0 Å². The average Bonchev–Trinajstić information content (AvgIpc) is 2.57. The van der Waals surface area contributed by atoms with Crippen LogP contribution < -0.4 is 10.9 Å². The summed E-state index contributed by atoms with van der Waals surface area (Å²) in [6, 6.07) is 3.68. The predicted octanol–water partition coefficient (Wildman–Crippen LogP) is 1.50. The van der Waals surface area contributed by atoms with E-state index in [1.807, 2.05) is 0 Å². The van der Waals surface area contributed by atoms with Gasteiger partial charge in [-0.05, 0) is 18.6 Å². The Balaban J connectivity index is 2.37. The highest BCUT2D eigenvalue weighted by Crippen LogP contribution is 2.24. The summed E-state index contributed by atoms with van der Waals surface area (Å²) in [5.74, 6) is -0.970. The van der Waals surface area contributed by atoms with Crippen molar-refractivity contribution >= 4 is 0 Å². The fourth-order valence-corrected chi connectivity index (χ4v) is 1.54. The Bertz CT molecular complexity index is 288. The van der Waals surface area contributed by atoms with Gasteiger partial charge in [-0.3, -0.25) is 10.9 Å². The van der Waals surface area contributed by atoms with Gasteiger partial charge in [0, 0.05) is 12.1 Å². The van der Waals surface area contributed by atoms with Gasteiger partial charge in [-0.15, -0.1) is 0 Å². The molecule has 0 aliphatic carbocycles. The van der Waals surface area contributed by atoms with Crippen LogP contribution in [0, 0.1) is 11.6 Å². The second-order valence-electron chi connectivity index (χ2n) is 3.05. The van der Waals surface area contributed by atoms with Crippen molar-refractivity contribution in [3.8, 4) is 0 Å². The van der Waals surface area contributed by atoms with Crippen LogP contribution in [-0.2, 0) is 0 Å². The third-order valence-corrected chi connectivity index (χ3v) is 2.18. The molecule has 0 radical (unpaired) electrons. The van der Waals surface area contributed by atoms with Crippen LogP contribution >= 0.6 is 0 Å². The van der Waals surface area contributed by atoms with Crippen LogP contribution in [-0.4, -0.2) is 6.54 Å². The molecule has 2 N–H and O–H groups in total. The van der Waals surface area contributed by atoms with Crippen LogP contribution in [0.3, 0.4) is 0 Å². The van der Waals surface area contributed by atoms with Gasteiger partial charge in [-0.25, -0.2) is 8.78 Å². The summed E-state index contributed by atoms with van der Waals surface area (Å²) < 4.78 is 26.4. The number of halogens is 2. The standard InChI is InChI=1S/C9H10F2N2/c10-6-2-1-3-7(11)9(6)8-4-5-12-13-8/h1-3,8,12-13H,4-5H2. The quantitative estimate of drug-likeness (QED) is 0.691. The molecule has 1 fully saturated rings. The Morgan fingerprint density at radius 3 is 2.46 bits per heavy atom. The molecule has 0 spiro atoms. The smallest absolute Gasteiger partial charge is 0.130 e. The molecule has 4 heteroatoms. The molecule has 1 aromatic rings. The molecule has 1 atom stereocenters. The third-order valence-electron chi connectivity index (χ3n) is 2.18. The summed E-state index contributed by atoms with van der Waals surface area (Å²) in [7, 11) is 0. The van der Waals surface area contributed by atoms with Gasteiger partial charge in [0.25, 0.3) is 0 Å². The van der Waals surface area contributed by atoms with E-state index in [0.29, 0.717) is 6.42 Å². The molecular weight excluding hydrogens is 174 g/mol. The highest BCUT2D eigenvalue weighted by molar-refractivity contribution is 5.23. The summed E-state index contributed by atoms with van der Waals surface area (Å²) in [6.45, 7) is 0.735. The normalized spacial score (nSPS) is 22.2. The first-order valence-electron chi connectivity index (χ1n) is 4.21. The SMILES string of the molecule is Fc1cccc(F)c1C1CCNN1. The summed E-state index contributed by atoms with van der Waals surface area (Å²) >= 11 is 0.